The summed E-state index contributed by atoms with van der Waals surface area (Å²) in [6.07, 6.45) is 5.66. The first-order chi connectivity index (χ1) is 17.0. The molecular weight excluding hydrogens is 442 g/mol. The van der Waals surface area contributed by atoms with Crippen molar-refractivity contribution in [2.24, 2.45) is 5.73 Å². The largest absolute Gasteiger partial charge is 0.486 e. The van der Waals surface area contributed by atoms with Crippen molar-refractivity contribution in [1.82, 2.24) is 10.2 Å². The van der Waals surface area contributed by atoms with E-state index < -0.39 is 11.5 Å². The van der Waals surface area contributed by atoms with Gasteiger partial charge in [-0.05, 0) is 61.8 Å². The third-order valence-electron chi connectivity index (χ3n) is 8.18. The molecule has 6 rings (SSSR count). The first-order valence-corrected chi connectivity index (χ1v) is 12.9. The van der Waals surface area contributed by atoms with Crippen LogP contribution in [0.1, 0.15) is 49.7 Å². The molecule has 184 valence electrons. The maximum Gasteiger partial charge on any atom is 0.245 e. The molecule has 3 aliphatic heterocycles. The van der Waals surface area contributed by atoms with E-state index >= 15 is 0 Å². The maximum absolute atomic E-state index is 14.0. The lowest BCUT2D eigenvalue weighted by Gasteiger charge is -2.40. The van der Waals surface area contributed by atoms with Crippen LogP contribution in [-0.4, -0.2) is 54.1 Å². The molecule has 2 saturated heterocycles. The van der Waals surface area contributed by atoms with E-state index in [0.29, 0.717) is 25.4 Å². The number of fused-ring (bicyclic) bond motifs is 3. The second-order valence-electron chi connectivity index (χ2n) is 10.5. The van der Waals surface area contributed by atoms with Gasteiger partial charge >= 0.3 is 0 Å². The molecule has 2 aromatic carbocycles. The van der Waals surface area contributed by atoms with Crippen LogP contribution in [0.15, 0.2) is 48.5 Å². The molecule has 0 aromatic heterocycles. The van der Waals surface area contributed by atoms with Gasteiger partial charge in [0.1, 0.15) is 19.3 Å². The van der Waals surface area contributed by atoms with Crippen molar-refractivity contribution in [3.8, 4) is 11.5 Å². The minimum atomic E-state index is -0.635. The molecular formula is C28H33N3O4. The molecule has 35 heavy (non-hydrogen) atoms. The second kappa shape index (κ2) is 8.86. The Morgan fingerprint density at radius 2 is 1.69 bits per heavy atom. The van der Waals surface area contributed by atoms with Gasteiger partial charge in [0.25, 0.3) is 0 Å². The van der Waals surface area contributed by atoms with Gasteiger partial charge in [0.2, 0.25) is 11.8 Å². The molecule has 1 aliphatic carbocycles. The topological polar surface area (TPSA) is 93.9 Å². The fraction of sp³-hybridized carbons (Fsp3) is 0.500. The van der Waals surface area contributed by atoms with Crippen LogP contribution in [-0.2, 0) is 21.4 Å². The lowest BCUT2D eigenvalue weighted by atomic mass is 9.93. The van der Waals surface area contributed by atoms with Crippen LogP contribution in [0.3, 0.4) is 0 Å². The standard InChI is InChI=1S/C28H33N3O4/c29-20-16-21-7-8-22(17-20)31(21)26(32)23(14-18-6-9-24-25(15-18)35-13-12-34-24)30-27(33)28(10-11-28)19-4-2-1-3-5-19/h1-6,9,15,20-23H,7-8,10-14,16-17,29H2,(H,30,33)/t20?,21?,22?,23-/m0/s1. The molecule has 2 unspecified atom stereocenters. The van der Waals surface area contributed by atoms with Gasteiger partial charge in [-0.1, -0.05) is 36.4 Å². The molecule has 2 aromatic rings. The average molecular weight is 476 g/mol. The lowest BCUT2D eigenvalue weighted by molar-refractivity contribution is -0.140. The van der Waals surface area contributed by atoms with Crippen LogP contribution in [0.5, 0.6) is 11.5 Å². The summed E-state index contributed by atoms with van der Waals surface area (Å²) in [5, 5.41) is 3.19. The zero-order valence-corrected chi connectivity index (χ0v) is 19.9. The smallest absolute Gasteiger partial charge is 0.245 e. The van der Waals surface area contributed by atoms with Crippen molar-refractivity contribution in [1.29, 1.82) is 0 Å². The minimum absolute atomic E-state index is 0.0106. The highest BCUT2D eigenvalue weighted by atomic mass is 16.6. The van der Waals surface area contributed by atoms with Crippen molar-refractivity contribution < 1.29 is 19.1 Å². The molecule has 2 bridgehead atoms. The molecule has 3 fully saturated rings. The van der Waals surface area contributed by atoms with Crippen LogP contribution < -0.4 is 20.5 Å². The van der Waals surface area contributed by atoms with Crippen molar-refractivity contribution in [2.75, 3.05) is 13.2 Å². The Morgan fingerprint density at radius 3 is 2.37 bits per heavy atom. The van der Waals surface area contributed by atoms with Gasteiger partial charge in [-0.25, -0.2) is 0 Å². The Bertz CT molecular complexity index is 1100. The summed E-state index contributed by atoms with van der Waals surface area (Å²) in [6.45, 7) is 1.04. The van der Waals surface area contributed by atoms with Crippen LogP contribution in [0.2, 0.25) is 0 Å². The van der Waals surface area contributed by atoms with E-state index in [-0.39, 0.29) is 29.9 Å². The first kappa shape index (κ1) is 22.4. The Morgan fingerprint density at radius 1 is 1.00 bits per heavy atom. The quantitative estimate of drug-likeness (QED) is 0.670. The highest BCUT2D eigenvalue weighted by Crippen LogP contribution is 2.48. The highest BCUT2D eigenvalue weighted by Gasteiger charge is 2.52. The molecule has 7 nitrogen and oxygen atoms in total. The number of carbonyl (C=O) groups is 2. The van der Waals surface area contributed by atoms with Gasteiger partial charge < -0.3 is 25.4 Å². The van der Waals surface area contributed by atoms with Gasteiger partial charge in [0, 0.05) is 24.5 Å². The number of nitrogens with zero attached hydrogens (tertiary/aromatic N) is 1. The number of carbonyl (C=O) groups excluding carboxylic acids is 2. The Balaban J connectivity index is 1.27. The van der Waals surface area contributed by atoms with Crippen molar-refractivity contribution in [3.05, 3.63) is 59.7 Å². The zero-order valence-electron chi connectivity index (χ0n) is 19.9. The molecule has 1 saturated carbocycles. The number of rotatable bonds is 6. The average Bonchev–Trinajstić information content (AvgIpc) is 3.64. The molecule has 0 spiro atoms. The minimum Gasteiger partial charge on any atom is -0.486 e. The molecule has 4 aliphatic rings. The van der Waals surface area contributed by atoms with Crippen LogP contribution in [0, 0.1) is 0 Å². The van der Waals surface area contributed by atoms with Gasteiger partial charge in [-0.15, -0.1) is 0 Å². The summed E-state index contributed by atoms with van der Waals surface area (Å²) < 4.78 is 11.4. The van der Waals surface area contributed by atoms with Gasteiger partial charge in [-0.2, -0.15) is 0 Å². The summed E-state index contributed by atoms with van der Waals surface area (Å²) in [4.78, 5) is 29.7. The van der Waals surface area contributed by atoms with Crippen molar-refractivity contribution in [2.45, 2.75) is 74.5 Å². The van der Waals surface area contributed by atoms with E-state index in [0.717, 1.165) is 55.4 Å². The van der Waals surface area contributed by atoms with Gasteiger partial charge in [-0.3, -0.25) is 9.59 Å². The van der Waals surface area contributed by atoms with Gasteiger partial charge in [0.15, 0.2) is 11.5 Å². The summed E-state index contributed by atoms with van der Waals surface area (Å²) >= 11 is 0. The van der Waals surface area contributed by atoms with Crippen LogP contribution in [0.25, 0.3) is 0 Å². The second-order valence-corrected chi connectivity index (χ2v) is 10.5. The Kier molecular flexibility index (Phi) is 5.67. The number of benzene rings is 2. The SMILES string of the molecule is NC1CC2CCC(C1)N2C(=O)[C@H](Cc1ccc2c(c1)OCCO2)NC(=O)C1(c2ccccc2)CC1. The molecule has 3 heterocycles. The Labute approximate surface area is 206 Å². The molecule has 2 amide bonds. The van der Waals surface area contributed by atoms with Crippen molar-refractivity contribution >= 4 is 11.8 Å². The third kappa shape index (κ3) is 4.16. The third-order valence-corrected chi connectivity index (χ3v) is 8.18. The number of piperidine rings is 1. The molecule has 3 N–H and O–H groups in total. The normalized spacial score (nSPS) is 26.7. The fourth-order valence-corrected chi connectivity index (χ4v) is 6.23. The lowest BCUT2D eigenvalue weighted by Crippen LogP contribution is -2.58. The fourth-order valence-electron chi connectivity index (χ4n) is 6.23. The van der Waals surface area contributed by atoms with E-state index in [1.165, 1.54) is 0 Å². The number of nitrogens with one attached hydrogen (secondary N) is 1. The van der Waals surface area contributed by atoms with E-state index in [9.17, 15) is 9.59 Å². The highest BCUT2D eigenvalue weighted by molar-refractivity contribution is 5.95. The maximum atomic E-state index is 14.0. The predicted molar refractivity (Wildman–Crippen MR) is 131 cm³/mol. The first-order valence-electron chi connectivity index (χ1n) is 12.9. The zero-order chi connectivity index (χ0) is 24.0. The van der Waals surface area contributed by atoms with E-state index in [1.54, 1.807) is 0 Å². The summed E-state index contributed by atoms with van der Waals surface area (Å²) in [5.74, 6) is 1.37. The number of nitrogens with two attached hydrogens (primary N) is 1. The summed E-state index contributed by atoms with van der Waals surface area (Å²) in [5.41, 5.74) is 7.69. The molecule has 7 heteroatoms. The van der Waals surface area contributed by atoms with Crippen molar-refractivity contribution in [3.63, 3.8) is 0 Å². The molecule has 0 radical (unpaired) electrons. The van der Waals surface area contributed by atoms with Crippen LogP contribution >= 0.6 is 0 Å². The van der Waals surface area contributed by atoms with E-state index in [4.69, 9.17) is 15.2 Å². The number of amides is 2. The Hall–Kier alpha value is -3.06. The van der Waals surface area contributed by atoms with E-state index in [2.05, 4.69) is 5.32 Å². The number of hydrogen-bond donors (Lipinski definition) is 2. The monoisotopic (exact) mass is 475 g/mol. The number of hydrogen-bond acceptors (Lipinski definition) is 5. The van der Waals surface area contributed by atoms with Gasteiger partial charge in [0.05, 0.1) is 5.41 Å². The number of ether oxygens (including phenoxy) is 2. The summed E-state index contributed by atoms with van der Waals surface area (Å²) in [7, 11) is 0. The summed E-state index contributed by atoms with van der Waals surface area (Å²) in [6, 6.07) is 15.6. The van der Waals surface area contributed by atoms with E-state index in [1.807, 2.05) is 53.4 Å². The molecule has 3 atom stereocenters. The van der Waals surface area contributed by atoms with Crippen LogP contribution in [0.4, 0.5) is 0 Å². The predicted octanol–water partition coefficient (Wildman–Crippen LogP) is 2.70.